The monoisotopic (exact) mass is 352 g/mol. The van der Waals surface area contributed by atoms with Gasteiger partial charge < -0.3 is 0 Å². The summed E-state index contributed by atoms with van der Waals surface area (Å²) in [6, 6.07) is 9.75. The molecule has 0 N–H and O–H groups in total. The van der Waals surface area contributed by atoms with Gasteiger partial charge in [0, 0.05) is 0 Å². The van der Waals surface area contributed by atoms with E-state index in [2.05, 4.69) is 62.4 Å². The van der Waals surface area contributed by atoms with E-state index >= 15 is 0 Å². The highest BCUT2D eigenvalue weighted by atomic mass is 14.3. The van der Waals surface area contributed by atoms with E-state index in [1.807, 2.05) is 13.8 Å². The van der Waals surface area contributed by atoms with Gasteiger partial charge >= 0.3 is 0 Å². The van der Waals surface area contributed by atoms with Crippen LogP contribution in [0.1, 0.15) is 102 Å². The third-order valence-electron chi connectivity index (χ3n) is 6.35. The molecule has 0 saturated heterocycles. The van der Waals surface area contributed by atoms with Crippen LogP contribution in [0.25, 0.3) is 0 Å². The molecule has 26 heavy (non-hydrogen) atoms. The molecule has 0 aliphatic heterocycles. The molecule has 0 amide bonds. The summed E-state index contributed by atoms with van der Waals surface area (Å²) in [7, 11) is 0. The quantitative estimate of drug-likeness (QED) is 0.477. The van der Waals surface area contributed by atoms with E-state index in [9.17, 15) is 0 Å². The lowest BCUT2D eigenvalue weighted by molar-refractivity contribution is 0.372. The van der Waals surface area contributed by atoms with Crippen LogP contribution in [0.5, 0.6) is 0 Å². The summed E-state index contributed by atoms with van der Waals surface area (Å²) in [5.41, 5.74) is 3.17. The molecule has 2 aliphatic carbocycles. The van der Waals surface area contributed by atoms with E-state index in [4.69, 9.17) is 0 Å². The van der Waals surface area contributed by atoms with Gasteiger partial charge in [0.25, 0.3) is 0 Å². The zero-order chi connectivity index (χ0) is 18.8. The number of allylic oxidation sites excluding steroid dienone is 4. The van der Waals surface area contributed by atoms with Gasteiger partial charge in [0.1, 0.15) is 0 Å². The van der Waals surface area contributed by atoms with Crippen molar-refractivity contribution in [3.8, 4) is 0 Å². The second-order valence-corrected chi connectivity index (χ2v) is 7.94. The first kappa shape index (κ1) is 21.0. The predicted octanol–water partition coefficient (Wildman–Crippen LogP) is 8.41. The average molecular weight is 353 g/mol. The Labute approximate surface area is 162 Å². The summed E-state index contributed by atoms with van der Waals surface area (Å²) in [5.74, 6) is 3.26. The molecule has 0 nitrogen and oxygen atoms in total. The van der Waals surface area contributed by atoms with E-state index in [1.54, 1.807) is 11.1 Å². The maximum atomic E-state index is 2.44. The van der Waals surface area contributed by atoms with Gasteiger partial charge in [-0.15, -0.1) is 0 Å². The Morgan fingerprint density at radius 1 is 0.577 bits per heavy atom. The summed E-state index contributed by atoms with van der Waals surface area (Å²) in [4.78, 5) is 0. The molecule has 0 unspecified atom stereocenters. The Balaban J connectivity index is 0.00000117. The standard InChI is InChI=1S/C24H34.C2H6/c1-3-5-19-7-11-21(12-8-19)23-15-17-24(18-16-23)22-13-9-20(6-4-2)10-14-22;1-2/h3-6,15-22H,7-14H2,1-2H3;1-2H3/b5-3+,6-4+;. The molecule has 0 spiro atoms. The van der Waals surface area contributed by atoms with Crippen LogP contribution in [0.2, 0.25) is 0 Å². The Morgan fingerprint density at radius 3 is 1.15 bits per heavy atom. The molecule has 2 saturated carbocycles. The predicted molar refractivity (Wildman–Crippen MR) is 117 cm³/mol. The van der Waals surface area contributed by atoms with Gasteiger partial charge in [0.2, 0.25) is 0 Å². The van der Waals surface area contributed by atoms with Crippen LogP contribution in [0, 0.1) is 11.8 Å². The highest BCUT2D eigenvalue weighted by molar-refractivity contribution is 5.28. The summed E-state index contributed by atoms with van der Waals surface area (Å²) in [5, 5.41) is 0. The number of hydrogen-bond acceptors (Lipinski definition) is 0. The smallest absolute Gasteiger partial charge is 0.0162 e. The Hall–Kier alpha value is -1.30. The van der Waals surface area contributed by atoms with Gasteiger partial charge in [0.15, 0.2) is 0 Å². The second kappa shape index (κ2) is 11.4. The van der Waals surface area contributed by atoms with Gasteiger partial charge in [-0.3, -0.25) is 0 Å². The van der Waals surface area contributed by atoms with Crippen molar-refractivity contribution in [1.29, 1.82) is 0 Å². The summed E-state index contributed by atoms with van der Waals surface area (Å²) >= 11 is 0. The summed E-state index contributed by atoms with van der Waals surface area (Å²) < 4.78 is 0. The maximum absolute atomic E-state index is 2.44. The first-order valence-electron chi connectivity index (χ1n) is 11.2. The molecule has 0 heteroatoms. The minimum Gasteiger partial charge on any atom is -0.0914 e. The van der Waals surface area contributed by atoms with E-state index in [-0.39, 0.29) is 0 Å². The van der Waals surface area contributed by atoms with E-state index < -0.39 is 0 Å². The summed E-state index contributed by atoms with van der Waals surface area (Å²) in [6.07, 6.45) is 20.2. The van der Waals surface area contributed by atoms with Gasteiger partial charge in [-0.05, 0) is 100 Å². The van der Waals surface area contributed by atoms with Crippen molar-refractivity contribution >= 4 is 0 Å². The second-order valence-electron chi connectivity index (χ2n) is 7.94. The van der Waals surface area contributed by atoms with Crippen molar-refractivity contribution in [2.75, 3.05) is 0 Å². The minimum absolute atomic E-state index is 0.797. The number of hydrogen-bond donors (Lipinski definition) is 0. The van der Waals surface area contributed by atoms with Crippen LogP contribution >= 0.6 is 0 Å². The molecule has 0 radical (unpaired) electrons. The first-order chi connectivity index (χ1) is 12.8. The molecule has 0 bridgehead atoms. The van der Waals surface area contributed by atoms with Crippen molar-refractivity contribution in [2.24, 2.45) is 11.8 Å². The Bertz CT molecular complexity index is 481. The topological polar surface area (TPSA) is 0 Å². The van der Waals surface area contributed by atoms with Crippen molar-refractivity contribution in [2.45, 2.75) is 90.9 Å². The molecule has 1 aromatic carbocycles. The van der Waals surface area contributed by atoms with Crippen LogP contribution in [-0.2, 0) is 0 Å². The van der Waals surface area contributed by atoms with Crippen LogP contribution < -0.4 is 0 Å². The van der Waals surface area contributed by atoms with Gasteiger partial charge in [-0.2, -0.15) is 0 Å². The zero-order valence-corrected chi connectivity index (χ0v) is 17.6. The fraction of sp³-hybridized carbons (Fsp3) is 0.615. The van der Waals surface area contributed by atoms with E-state index in [1.165, 1.54) is 51.4 Å². The lowest BCUT2D eigenvalue weighted by Gasteiger charge is -2.29. The molecule has 2 aliphatic rings. The molecule has 2 fully saturated rings. The largest absolute Gasteiger partial charge is 0.0914 e. The van der Waals surface area contributed by atoms with Crippen molar-refractivity contribution in [1.82, 2.24) is 0 Å². The first-order valence-corrected chi connectivity index (χ1v) is 11.2. The molecule has 1 aromatic rings. The normalized spacial score (nSPS) is 29.5. The molecule has 0 heterocycles. The van der Waals surface area contributed by atoms with Gasteiger partial charge in [0.05, 0.1) is 0 Å². The lowest BCUT2D eigenvalue weighted by atomic mass is 9.76. The minimum atomic E-state index is 0.797. The molecule has 144 valence electrons. The van der Waals surface area contributed by atoms with Crippen molar-refractivity contribution in [3.63, 3.8) is 0 Å². The third-order valence-corrected chi connectivity index (χ3v) is 6.35. The van der Waals surface area contributed by atoms with Crippen LogP contribution in [0.3, 0.4) is 0 Å². The molecule has 0 atom stereocenters. The molecular weight excluding hydrogens is 312 g/mol. The highest BCUT2D eigenvalue weighted by Gasteiger charge is 2.23. The van der Waals surface area contributed by atoms with Crippen LogP contribution in [0.4, 0.5) is 0 Å². The molecule has 3 rings (SSSR count). The van der Waals surface area contributed by atoms with Crippen LogP contribution in [-0.4, -0.2) is 0 Å². The number of rotatable bonds is 4. The molecule has 0 aromatic heterocycles. The SMILES string of the molecule is C/C=C/C1CCC(c2ccc(C3CCC(/C=C/C)CC3)cc2)CC1.CC. The van der Waals surface area contributed by atoms with Gasteiger partial charge in [-0.1, -0.05) is 62.4 Å². The lowest BCUT2D eigenvalue weighted by Crippen LogP contribution is -2.13. The average Bonchev–Trinajstić information content (AvgIpc) is 2.71. The van der Waals surface area contributed by atoms with Crippen molar-refractivity contribution in [3.05, 3.63) is 59.7 Å². The zero-order valence-electron chi connectivity index (χ0n) is 17.6. The summed E-state index contributed by atoms with van der Waals surface area (Å²) in [6.45, 7) is 8.30. The van der Waals surface area contributed by atoms with Crippen molar-refractivity contribution < 1.29 is 0 Å². The van der Waals surface area contributed by atoms with E-state index in [0.717, 1.165) is 23.7 Å². The third kappa shape index (κ3) is 5.86. The molecular formula is C26H40. The van der Waals surface area contributed by atoms with Gasteiger partial charge in [-0.25, -0.2) is 0 Å². The fourth-order valence-electron chi connectivity index (χ4n) is 4.87. The number of benzene rings is 1. The van der Waals surface area contributed by atoms with E-state index in [0.29, 0.717) is 0 Å². The Morgan fingerprint density at radius 2 is 0.885 bits per heavy atom. The highest BCUT2D eigenvalue weighted by Crippen LogP contribution is 2.39. The fourth-order valence-corrected chi connectivity index (χ4v) is 4.87. The maximum Gasteiger partial charge on any atom is -0.0162 e. The van der Waals surface area contributed by atoms with Crippen LogP contribution in [0.15, 0.2) is 48.6 Å². The Kier molecular flexibility index (Phi) is 9.23.